The minimum atomic E-state index is -0.480. The molecule has 0 aliphatic heterocycles. The lowest BCUT2D eigenvalue weighted by Gasteiger charge is -2.31. The Kier molecular flexibility index (Phi) is 7.77. The Balaban J connectivity index is 0.00000264. The van der Waals surface area contributed by atoms with Gasteiger partial charge >= 0.3 is 0 Å². The molecule has 128 valence electrons. The van der Waals surface area contributed by atoms with Crippen LogP contribution in [0.25, 0.3) is 0 Å². The molecule has 0 heterocycles. The molecular weight excluding hydrogens is 322 g/mol. The molecule has 1 saturated carbocycles. The van der Waals surface area contributed by atoms with Gasteiger partial charge in [0, 0.05) is 18.2 Å². The summed E-state index contributed by atoms with van der Waals surface area (Å²) in [6.07, 6.45) is 4.26. The van der Waals surface area contributed by atoms with Gasteiger partial charge in [0.05, 0.1) is 4.92 Å². The van der Waals surface area contributed by atoms with Crippen molar-refractivity contribution < 1.29 is 14.5 Å². The molecule has 2 atom stereocenters. The van der Waals surface area contributed by atoms with E-state index in [1.165, 1.54) is 24.3 Å². The maximum absolute atomic E-state index is 11.9. The van der Waals surface area contributed by atoms with Gasteiger partial charge in [-0.1, -0.05) is 12.8 Å². The molecule has 2 unspecified atom stereocenters. The SMILES string of the molecule is Cl.NCC1CCCCC1NC(=O)COc1ccc([N+](=O)[O-])cc1. The van der Waals surface area contributed by atoms with E-state index in [2.05, 4.69) is 5.32 Å². The van der Waals surface area contributed by atoms with Crippen molar-refractivity contribution in [3.8, 4) is 5.75 Å². The first-order valence-corrected chi connectivity index (χ1v) is 7.47. The van der Waals surface area contributed by atoms with Crippen LogP contribution < -0.4 is 15.8 Å². The number of hydrogen-bond donors (Lipinski definition) is 2. The topological polar surface area (TPSA) is 107 Å². The monoisotopic (exact) mass is 343 g/mol. The molecule has 1 aliphatic rings. The summed E-state index contributed by atoms with van der Waals surface area (Å²) in [5.41, 5.74) is 5.73. The van der Waals surface area contributed by atoms with Gasteiger partial charge in [-0.2, -0.15) is 0 Å². The van der Waals surface area contributed by atoms with Gasteiger partial charge < -0.3 is 15.8 Å². The summed E-state index contributed by atoms with van der Waals surface area (Å²) < 4.78 is 5.35. The molecule has 0 spiro atoms. The number of carbonyl (C=O) groups is 1. The van der Waals surface area contributed by atoms with Crippen molar-refractivity contribution in [3.63, 3.8) is 0 Å². The molecule has 1 fully saturated rings. The first kappa shape index (κ1) is 19.2. The summed E-state index contributed by atoms with van der Waals surface area (Å²) >= 11 is 0. The van der Waals surface area contributed by atoms with Crippen molar-refractivity contribution in [2.45, 2.75) is 31.7 Å². The highest BCUT2D eigenvalue weighted by Gasteiger charge is 2.25. The van der Waals surface area contributed by atoms with Crippen LogP contribution in [-0.4, -0.2) is 30.0 Å². The summed E-state index contributed by atoms with van der Waals surface area (Å²) in [6.45, 7) is 0.472. The third kappa shape index (κ3) is 5.69. The van der Waals surface area contributed by atoms with Crippen LogP contribution in [0.15, 0.2) is 24.3 Å². The molecule has 0 aromatic heterocycles. The number of non-ortho nitro benzene ring substituents is 1. The number of rotatable bonds is 6. The van der Waals surface area contributed by atoms with E-state index in [1.807, 2.05) is 0 Å². The molecule has 1 aromatic rings. The summed E-state index contributed by atoms with van der Waals surface area (Å²) in [5, 5.41) is 13.5. The molecule has 1 aliphatic carbocycles. The number of nitrogens with two attached hydrogens (primary N) is 1. The van der Waals surface area contributed by atoms with Gasteiger partial charge in [0.25, 0.3) is 11.6 Å². The van der Waals surface area contributed by atoms with E-state index in [9.17, 15) is 14.9 Å². The van der Waals surface area contributed by atoms with Gasteiger partial charge in [-0.25, -0.2) is 0 Å². The summed E-state index contributed by atoms with van der Waals surface area (Å²) in [4.78, 5) is 22.0. The van der Waals surface area contributed by atoms with Gasteiger partial charge in [0.15, 0.2) is 6.61 Å². The van der Waals surface area contributed by atoms with Gasteiger partial charge in [-0.05, 0) is 37.4 Å². The Morgan fingerprint density at radius 3 is 2.57 bits per heavy atom. The highest BCUT2D eigenvalue weighted by molar-refractivity contribution is 5.85. The fraction of sp³-hybridized carbons (Fsp3) is 0.533. The van der Waals surface area contributed by atoms with E-state index in [1.54, 1.807) is 0 Å². The van der Waals surface area contributed by atoms with Crippen molar-refractivity contribution >= 4 is 24.0 Å². The fourth-order valence-electron chi connectivity index (χ4n) is 2.74. The Labute approximate surface area is 141 Å². The zero-order valence-corrected chi connectivity index (χ0v) is 13.6. The van der Waals surface area contributed by atoms with Crippen LogP contribution in [0.3, 0.4) is 0 Å². The summed E-state index contributed by atoms with van der Waals surface area (Å²) in [6, 6.07) is 5.77. The Morgan fingerprint density at radius 1 is 1.30 bits per heavy atom. The van der Waals surface area contributed by atoms with Crippen LogP contribution in [-0.2, 0) is 4.79 Å². The van der Waals surface area contributed by atoms with Gasteiger partial charge in [0.1, 0.15) is 5.75 Å². The van der Waals surface area contributed by atoms with E-state index < -0.39 is 4.92 Å². The number of benzene rings is 1. The number of nitro groups is 1. The number of carbonyl (C=O) groups excluding carboxylic acids is 1. The molecule has 3 N–H and O–H groups in total. The number of nitro benzene ring substituents is 1. The second kappa shape index (κ2) is 9.32. The maximum atomic E-state index is 11.9. The predicted molar refractivity (Wildman–Crippen MR) is 88.8 cm³/mol. The standard InChI is InChI=1S/C15H21N3O4.ClH/c16-9-11-3-1-2-4-14(11)17-15(19)10-22-13-7-5-12(6-8-13)18(20)21;/h5-8,11,14H,1-4,9-10,16H2,(H,17,19);1H. The number of nitrogens with one attached hydrogen (secondary N) is 1. The highest BCUT2D eigenvalue weighted by atomic mass is 35.5. The lowest BCUT2D eigenvalue weighted by atomic mass is 9.84. The van der Waals surface area contributed by atoms with E-state index in [0.717, 1.165) is 25.7 Å². The zero-order valence-electron chi connectivity index (χ0n) is 12.8. The number of hydrogen-bond acceptors (Lipinski definition) is 5. The Hall–Kier alpha value is -1.86. The van der Waals surface area contributed by atoms with Crippen LogP contribution in [0.2, 0.25) is 0 Å². The molecule has 1 amide bonds. The fourth-order valence-corrected chi connectivity index (χ4v) is 2.74. The quantitative estimate of drug-likeness (QED) is 0.607. The van der Waals surface area contributed by atoms with Crippen molar-refractivity contribution in [2.75, 3.05) is 13.2 Å². The minimum Gasteiger partial charge on any atom is -0.484 e. The zero-order chi connectivity index (χ0) is 15.9. The van der Waals surface area contributed by atoms with Crippen LogP contribution in [0, 0.1) is 16.0 Å². The Bertz CT molecular complexity index is 524. The molecule has 1 aromatic carbocycles. The lowest BCUT2D eigenvalue weighted by molar-refractivity contribution is -0.384. The average molecular weight is 344 g/mol. The first-order chi connectivity index (χ1) is 10.6. The number of halogens is 1. The second-order valence-corrected chi connectivity index (χ2v) is 5.49. The second-order valence-electron chi connectivity index (χ2n) is 5.49. The van der Waals surface area contributed by atoms with Gasteiger partial charge in [0.2, 0.25) is 0 Å². The molecule has 23 heavy (non-hydrogen) atoms. The number of nitrogens with zero attached hydrogens (tertiary/aromatic N) is 1. The largest absolute Gasteiger partial charge is 0.484 e. The van der Waals surface area contributed by atoms with Crippen molar-refractivity contribution in [2.24, 2.45) is 11.7 Å². The third-order valence-electron chi connectivity index (χ3n) is 3.98. The van der Waals surface area contributed by atoms with Crippen molar-refractivity contribution in [3.05, 3.63) is 34.4 Å². The smallest absolute Gasteiger partial charge is 0.269 e. The Morgan fingerprint density at radius 2 is 1.96 bits per heavy atom. The van der Waals surface area contributed by atoms with Crippen LogP contribution >= 0.6 is 12.4 Å². The lowest BCUT2D eigenvalue weighted by Crippen LogP contribution is -2.46. The van der Waals surface area contributed by atoms with Gasteiger partial charge in [-0.3, -0.25) is 14.9 Å². The van der Waals surface area contributed by atoms with Crippen LogP contribution in [0.4, 0.5) is 5.69 Å². The molecule has 0 saturated heterocycles. The maximum Gasteiger partial charge on any atom is 0.269 e. The molecule has 0 radical (unpaired) electrons. The van der Waals surface area contributed by atoms with Crippen LogP contribution in [0.1, 0.15) is 25.7 Å². The van der Waals surface area contributed by atoms with Crippen molar-refractivity contribution in [1.82, 2.24) is 5.32 Å². The van der Waals surface area contributed by atoms with E-state index in [0.29, 0.717) is 18.2 Å². The molecular formula is C15H22ClN3O4. The van der Waals surface area contributed by atoms with E-state index >= 15 is 0 Å². The highest BCUT2D eigenvalue weighted by Crippen LogP contribution is 2.23. The molecule has 0 bridgehead atoms. The summed E-state index contributed by atoms with van der Waals surface area (Å²) in [5.74, 6) is 0.570. The van der Waals surface area contributed by atoms with Crippen molar-refractivity contribution in [1.29, 1.82) is 0 Å². The average Bonchev–Trinajstić information content (AvgIpc) is 2.54. The van der Waals surface area contributed by atoms with Gasteiger partial charge in [-0.15, -0.1) is 12.4 Å². The minimum absolute atomic E-state index is 0. The van der Waals surface area contributed by atoms with E-state index in [-0.39, 0.29) is 36.7 Å². The van der Waals surface area contributed by atoms with Crippen LogP contribution in [0.5, 0.6) is 5.75 Å². The normalized spacial score (nSPS) is 20.2. The number of ether oxygens (including phenoxy) is 1. The van der Waals surface area contributed by atoms with E-state index in [4.69, 9.17) is 10.5 Å². The number of amides is 1. The molecule has 7 nitrogen and oxygen atoms in total. The summed E-state index contributed by atoms with van der Waals surface area (Å²) in [7, 11) is 0. The first-order valence-electron chi connectivity index (χ1n) is 7.47. The molecule has 8 heteroatoms. The molecule has 2 rings (SSSR count). The predicted octanol–water partition coefficient (Wildman–Crippen LogP) is 2.03. The third-order valence-corrected chi connectivity index (χ3v) is 3.98.